The Labute approximate surface area is 208 Å². The van der Waals surface area contributed by atoms with Crippen molar-refractivity contribution in [3.63, 3.8) is 0 Å². The summed E-state index contributed by atoms with van der Waals surface area (Å²) in [6.45, 7) is 3.93. The molecule has 9 nitrogen and oxygen atoms in total. The van der Waals surface area contributed by atoms with E-state index in [9.17, 15) is 18.3 Å². The Bertz CT molecular complexity index is 1370. The molecule has 0 saturated heterocycles. The lowest BCUT2D eigenvalue weighted by molar-refractivity contribution is -0.116. The van der Waals surface area contributed by atoms with E-state index in [-0.39, 0.29) is 11.7 Å². The summed E-state index contributed by atoms with van der Waals surface area (Å²) < 4.78 is 25.7. The molecule has 6 N–H and O–H groups in total. The predicted molar refractivity (Wildman–Crippen MR) is 142 cm³/mol. The molecule has 2 aromatic carbocycles. The zero-order chi connectivity index (χ0) is 25.3. The van der Waals surface area contributed by atoms with Gasteiger partial charge < -0.3 is 21.5 Å². The molecule has 0 radical (unpaired) electrons. The van der Waals surface area contributed by atoms with E-state index in [0.29, 0.717) is 54.3 Å². The normalized spacial score (nSPS) is 11.0. The number of anilines is 3. The number of hydrogen-bond donors (Lipinski definition) is 5. The van der Waals surface area contributed by atoms with Crippen LogP contribution in [0.1, 0.15) is 31.2 Å². The predicted octanol–water partition coefficient (Wildman–Crippen LogP) is 3.61. The first-order valence-corrected chi connectivity index (χ1v) is 13.3. The Morgan fingerprint density at radius 3 is 2.80 bits per heavy atom. The zero-order valence-electron chi connectivity index (χ0n) is 19.0. The van der Waals surface area contributed by atoms with Gasteiger partial charge in [-0.15, -0.1) is 0 Å². The molecule has 1 aromatic heterocycles. The quantitative estimate of drug-likeness (QED) is 0.194. The van der Waals surface area contributed by atoms with E-state index in [1.165, 1.54) is 11.3 Å². The molecule has 0 atom stereocenters. The molecule has 3 aromatic rings. The number of rotatable bonds is 11. The Hall–Kier alpha value is -3.59. The number of nitrogen functional groups attached to an aromatic ring is 1. The number of aromatic hydroxyl groups is 1. The van der Waals surface area contributed by atoms with Crippen LogP contribution in [0.5, 0.6) is 5.75 Å². The average molecular weight is 514 g/mol. The fourth-order valence-corrected chi connectivity index (χ4v) is 4.53. The molecule has 1 amide bonds. The van der Waals surface area contributed by atoms with Crippen LogP contribution in [0, 0.1) is 11.8 Å². The number of aromatic nitrogens is 1. The maximum Gasteiger partial charge on any atom is 0.233 e. The van der Waals surface area contributed by atoms with Gasteiger partial charge in [-0.25, -0.2) is 18.1 Å². The number of fused-ring (bicyclic) bond motifs is 1. The first-order chi connectivity index (χ1) is 16.8. The van der Waals surface area contributed by atoms with Crippen LogP contribution < -0.4 is 21.1 Å². The summed E-state index contributed by atoms with van der Waals surface area (Å²) >= 11 is 1.29. The number of amides is 1. The molecule has 0 aliphatic heterocycles. The van der Waals surface area contributed by atoms with Crippen molar-refractivity contribution >= 4 is 54.0 Å². The molecule has 0 fully saturated rings. The molecule has 35 heavy (non-hydrogen) atoms. The number of nitrogens with two attached hydrogens (primary N) is 1. The molecule has 0 bridgehead atoms. The molecule has 3 rings (SSSR count). The first-order valence-electron chi connectivity index (χ1n) is 10.9. The molecule has 0 spiro atoms. The number of phenols is 1. The van der Waals surface area contributed by atoms with Crippen molar-refractivity contribution in [2.24, 2.45) is 0 Å². The summed E-state index contributed by atoms with van der Waals surface area (Å²) in [6.07, 6.45) is 2.38. The Morgan fingerprint density at radius 1 is 1.20 bits per heavy atom. The lowest BCUT2D eigenvalue weighted by Gasteiger charge is -2.08. The van der Waals surface area contributed by atoms with Gasteiger partial charge in [-0.3, -0.25) is 4.79 Å². The molecule has 0 aliphatic rings. The van der Waals surface area contributed by atoms with Gasteiger partial charge in [0.05, 0.1) is 11.2 Å². The summed E-state index contributed by atoms with van der Waals surface area (Å²) in [4.78, 5) is 16.3. The molecule has 184 valence electrons. The molecule has 0 saturated carbocycles. The van der Waals surface area contributed by atoms with Crippen molar-refractivity contribution in [1.82, 2.24) is 9.71 Å². The third-order valence-electron chi connectivity index (χ3n) is 4.85. The first kappa shape index (κ1) is 26.0. The van der Waals surface area contributed by atoms with Gasteiger partial charge >= 0.3 is 0 Å². The highest BCUT2D eigenvalue weighted by molar-refractivity contribution is 7.92. The minimum absolute atomic E-state index is 0.0495. The molecule has 0 unspecified atom stereocenters. The number of thiazole rings is 1. The lowest BCUT2D eigenvalue weighted by atomic mass is 10.2. The van der Waals surface area contributed by atoms with E-state index in [2.05, 4.69) is 38.8 Å². The van der Waals surface area contributed by atoms with Crippen molar-refractivity contribution in [1.29, 1.82) is 0 Å². The summed E-state index contributed by atoms with van der Waals surface area (Å²) in [5, 5.41) is 17.4. The van der Waals surface area contributed by atoms with Gasteiger partial charge in [0.1, 0.15) is 11.3 Å². The van der Waals surface area contributed by atoms with Crippen LogP contribution >= 0.6 is 11.3 Å². The third kappa shape index (κ3) is 8.29. The van der Waals surface area contributed by atoms with E-state index < -0.39 is 10.0 Å². The van der Waals surface area contributed by atoms with Crippen LogP contribution in [0.15, 0.2) is 48.4 Å². The SMILES string of the molecule is C=CS(=O)(=O)NCCCCCC(=O)Nc1cccc(NCC#Cc2cc(O)c3nc(N)sc3c2)c1. The number of carbonyl (C=O) groups is 1. The largest absolute Gasteiger partial charge is 0.506 e. The van der Waals surface area contributed by atoms with Gasteiger partial charge in [0.15, 0.2) is 5.13 Å². The second-order valence-corrected chi connectivity index (χ2v) is 10.4. The zero-order valence-corrected chi connectivity index (χ0v) is 20.6. The minimum atomic E-state index is -3.40. The number of phenolic OH excluding ortho intramolecular Hbond substituents is 1. The van der Waals surface area contributed by atoms with Crippen LogP contribution in [-0.4, -0.2) is 37.5 Å². The molecule has 1 heterocycles. The van der Waals surface area contributed by atoms with E-state index in [0.717, 1.165) is 22.2 Å². The highest BCUT2D eigenvalue weighted by Crippen LogP contribution is 2.31. The smallest absolute Gasteiger partial charge is 0.233 e. The number of unbranched alkanes of at least 4 members (excludes halogenated alkanes) is 2. The molecule has 0 aliphatic carbocycles. The second kappa shape index (κ2) is 12.2. The van der Waals surface area contributed by atoms with Gasteiger partial charge in [0.2, 0.25) is 15.9 Å². The van der Waals surface area contributed by atoms with E-state index >= 15 is 0 Å². The highest BCUT2D eigenvalue weighted by Gasteiger charge is 2.07. The average Bonchev–Trinajstić information content (AvgIpc) is 3.20. The number of nitrogens with one attached hydrogen (secondary N) is 3. The second-order valence-electron chi connectivity index (χ2n) is 7.60. The minimum Gasteiger partial charge on any atom is -0.506 e. The van der Waals surface area contributed by atoms with E-state index in [4.69, 9.17) is 5.73 Å². The van der Waals surface area contributed by atoms with Crippen LogP contribution in [0.2, 0.25) is 0 Å². The lowest BCUT2D eigenvalue weighted by Crippen LogP contribution is -2.22. The van der Waals surface area contributed by atoms with Gasteiger partial charge in [0.25, 0.3) is 0 Å². The van der Waals surface area contributed by atoms with Crippen molar-refractivity contribution in [2.45, 2.75) is 25.7 Å². The van der Waals surface area contributed by atoms with Crippen LogP contribution in [0.25, 0.3) is 10.2 Å². The fourth-order valence-electron chi connectivity index (χ4n) is 3.18. The fraction of sp³-hybridized carbons (Fsp3) is 0.250. The highest BCUT2D eigenvalue weighted by atomic mass is 32.2. The number of hydrogen-bond acceptors (Lipinski definition) is 8. The van der Waals surface area contributed by atoms with Gasteiger partial charge in [-0.1, -0.05) is 42.2 Å². The van der Waals surface area contributed by atoms with Crippen LogP contribution in [0.3, 0.4) is 0 Å². The standard InChI is InChI=1S/C24H27N5O4S2/c1-2-35(32,33)27-13-5-3-4-11-22(31)28-19-10-6-9-18(16-19)26-12-7-8-17-14-20(30)23-21(15-17)34-24(25)29-23/h2,6,9-10,14-16,26-27,30H,1,3-5,11-13H2,(H2,25,29)(H,28,31). The Morgan fingerprint density at radius 2 is 2.00 bits per heavy atom. The van der Waals surface area contributed by atoms with Crippen molar-refractivity contribution < 1.29 is 18.3 Å². The third-order valence-corrected chi connectivity index (χ3v) is 6.73. The summed E-state index contributed by atoms with van der Waals surface area (Å²) in [5.74, 6) is 5.96. The Balaban J connectivity index is 1.42. The molecule has 11 heteroatoms. The number of sulfonamides is 1. The summed E-state index contributed by atoms with van der Waals surface area (Å²) in [5.41, 5.74) is 8.32. The monoisotopic (exact) mass is 513 g/mol. The number of carbonyl (C=O) groups excluding carboxylic acids is 1. The van der Waals surface area contributed by atoms with Crippen molar-refractivity contribution in [3.05, 3.63) is 53.9 Å². The Kier molecular flexibility index (Phi) is 9.08. The maximum atomic E-state index is 12.2. The van der Waals surface area contributed by atoms with Gasteiger partial charge in [-0.05, 0) is 43.2 Å². The van der Waals surface area contributed by atoms with Gasteiger partial charge in [-0.2, -0.15) is 0 Å². The summed E-state index contributed by atoms with van der Waals surface area (Å²) in [7, 11) is -3.40. The number of benzene rings is 2. The topological polar surface area (TPSA) is 146 Å². The van der Waals surface area contributed by atoms with Crippen LogP contribution in [0.4, 0.5) is 16.5 Å². The maximum absolute atomic E-state index is 12.2. The van der Waals surface area contributed by atoms with E-state index in [1.54, 1.807) is 12.1 Å². The van der Waals surface area contributed by atoms with Crippen molar-refractivity contribution in [2.75, 3.05) is 29.5 Å². The van der Waals surface area contributed by atoms with Gasteiger partial charge in [0, 0.05) is 35.3 Å². The molecular formula is C24H27N5O4S2. The summed E-state index contributed by atoms with van der Waals surface area (Å²) in [6, 6.07) is 10.7. The molecular weight excluding hydrogens is 486 g/mol. The van der Waals surface area contributed by atoms with Crippen molar-refractivity contribution in [3.8, 4) is 17.6 Å². The van der Waals surface area contributed by atoms with Crippen LogP contribution in [-0.2, 0) is 14.8 Å². The van der Waals surface area contributed by atoms with E-state index in [1.807, 2.05) is 24.3 Å². The number of nitrogens with zero attached hydrogens (tertiary/aromatic N) is 1.